The van der Waals surface area contributed by atoms with Gasteiger partial charge in [0.25, 0.3) is 0 Å². The molecular formula is C24H28N4O4S2. The van der Waals surface area contributed by atoms with Crippen molar-refractivity contribution in [1.82, 2.24) is 14.4 Å². The number of aromatic nitrogens is 2. The Balaban J connectivity index is 1.25. The fraction of sp³-hybridized carbons (Fsp3) is 0.458. The monoisotopic (exact) mass is 500 g/mol. The summed E-state index contributed by atoms with van der Waals surface area (Å²) in [6.45, 7) is 6.41. The quantitative estimate of drug-likeness (QED) is 0.529. The summed E-state index contributed by atoms with van der Waals surface area (Å²) < 4.78 is 33.6. The Hall–Kier alpha value is -2.56. The van der Waals surface area contributed by atoms with Crippen LogP contribution >= 0.6 is 11.3 Å². The summed E-state index contributed by atoms with van der Waals surface area (Å²) in [5, 5.41) is 7.04. The maximum absolute atomic E-state index is 13.4. The molecule has 1 aliphatic heterocycles. The number of hydrogen-bond acceptors (Lipinski definition) is 7. The number of carbonyl (C=O) groups is 1. The molecule has 3 heterocycles. The molecule has 0 atom stereocenters. The number of hydrogen-bond donors (Lipinski definition) is 1. The average molecular weight is 501 g/mol. The zero-order valence-electron chi connectivity index (χ0n) is 19.5. The molecule has 3 aromatic rings. The summed E-state index contributed by atoms with van der Waals surface area (Å²) in [5.41, 5.74) is 2.96. The summed E-state index contributed by atoms with van der Waals surface area (Å²) in [6.07, 6.45) is 3.09. The van der Waals surface area contributed by atoms with Crippen LogP contribution in [0.25, 0.3) is 10.7 Å². The van der Waals surface area contributed by atoms with E-state index in [1.807, 2.05) is 26.0 Å². The Morgan fingerprint density at radius 1 is 1.06 bits per heavy atom. The zero-order chi connectivity index (χ0) is 24.0. The van der Waals surface area contributed by atoms with Gasteiger partial charge in [-0.05, 0) is 75.8 Å². The normalized spacial score (nSPS) is 17.7. The lowest BCUT2D eigenvalue weighted by molar-refractivity contribution is -0.120. The summed E-state index contributed by atoms with van der Waals surface area (Å²) >= 11 is 1.36. The molecule has 5 rings (SSSR count). The minimum atomic E-state index is -3.67. The van der Waals surface area contributed by atoms with E-state index in [1.54, 1.807) is 13.0 Å². The third-order valence-electron chi connectivity index (χ3n) is 6.39. The minimum Gasteiger partial charge on any atom is -0.339 e. The van der Waals surface area contributed by atoms with Crippen LogP contribution in [0.3, 0.4) is 0 Å². The van der Waals surface area contributed by atoms with Gasteiger partial charge in [-0.15, -0.1) is 11.3 Å². The van der Waals surface area contributed by atoms with Gasteiger partial charge in [0.15, 0.2) is 0 Å². The van der Waals surface area contributed by atoms with E-state index >= 15 is 0 Å². The molecule has 2 fully saturated rings. The van der Waals surface area contributed by atoms with Crippen LogP contribution in [-0.2, 0) is 14.8 Å². The standard InChI is InChI=1S/C24H28N4O4S2/c1-14-10-15(2)12-19(11-14)25-23(29)17-6-8-28(9-7-17)34(30,31)21-13-20(33-16(21)3)22-26-24(32-27-22)18-4-5-18/h10-13,17-18H,4-9H2,1-3H3,(H,25,29). The van der Waals surface area contributed by atoms with Crippen LogP contribution in [0, 0.1) is 26.7 Å². The molecule has 1 amide bonds. The van der Waals surface area contributed by atoms with Crippen LogP contribution in [0.1, 0.15) is 53.5 Å². The molecule has 0 spiro atoms. The molecule has 1 N–H and O–H groups in total. The van der Waals surface area contributed by atoms with Crippen molar-refractivity contribution in [3.8, 4) is 10.7 Å². The molecule has 34 heavy (non-hydrogen) atoms. The summed E-state index contributed by atoms with van der Waals surface area (Å²) in [6, 6.07) is 7.59. The number of rotatable bonds is 6. The average Bonchev–Trinajstić information content (AvgIpc) is 3.37. The van der Waals surface area contributed by atoms with E-state index in [0.29, 0.717) is 53.3 Å². The summed E-state index contributed by atoms with van der Waals surface area (Å²) in [4.78, 5) is 18.9. The van der Waals surface area contributed by atoms with E-state index in [9.17, 15) is 13.2 Å². The van der Waals surface area contributed by atoms with Gasteiger partial charge < -0.3 is 9.84 Å². The van der Waals surface area contributed by atoms with Crippen molar-refractivity contribution in [2.45, 2.75) is 57.3 Å². The van der Waals surface area contributed by atoms with E-state index in [2.05, 4.69) is 21.5 Å². The van der Waals surface area contributed by atoms with Gasteiger partial charge in [0.1, 0.15) is 0 Å². The minimum absolute atomic E-state index is 0.0559. The van der Waals surface area contributed by atoms with Gasteiger partial charge in [-0.2, -0.15) is 9.29 Å². The fourth-order valence-electron chi connectivity index (χ4n) is 4.45. The Morgan fingerprint density at radius 3 is 2.38 bits per heavy atom. The number of piperidine rings is 1. The molecule has 2 aliphatic rings. The second-order valence-corrected chi connectivity index (χ2v) is 12.5. The van der Waals surface area contributed by atoms with Gasteiger partial charge in [-0.25, -0.2) is 8.42 Å². The van der Waals surface area contributed by atoms with Gasteiger partial charge in [-0.3, -0.25) is 4.79 Å². The number of benzene rings is 1. The lowest BCUT2D eigenvalue weighted by Gasteiger charge is -2.30. The van der Waals surface area contributed by atoms with Crippen molar-refractivity contribution in [1.29, 1.82) is 0 Å². The van der Waals surface area contributed by atoms with Gasteiger partial charge in [-0.1, -0.05) is 11.2 Å². The highest BCUT2D eigenvalue weighted by molar-refractivity contribution is 7.89. The van der Waals surface area contributed by atoms with Crippen LogP contribution < -0.4 is 5.32 Å². The molecule has 1 saturated heterocycles. The van der Waals surface area contributed by atoms with Crippen molar-refractivity contribution in [3.05, 3.63) is 46.2 Å². The second kappa shape index (κ2) is 8.90. The highest BCUT2D eigenvalue weighted by Crippen LogP contribution is 2.41. The van der Waals surface area contributed by atoms with Gasteiger partial charge in [0.05, 0.1) is 9.77 Å². The first-order chi connectivity index (χ1) is 16.2. The van der Waals surface area contributed by atoms with E-state index in [1.165, 1.54) is 15.6 Å². The van der Waals surface area contributed by atoms with Crippen molar-refractivity contribution in [2.75, 3.05) is 18.4 Å². The fourth-order valence-corrected chi connectivity index (χ4v) is 7.41. The highest BCUT2D eigenvalue weighted by atomic mass is 32.2. The van der Waals surface area contributed by atoms with E-state index in [4.69, 9.17) is 4.52 Å². The molecule has 1 saturated carbocycles. The third kappa shape index (κ3) is 4.67. The number of anilines is 1. The van der Waals surface area contributed by atoms with E-state index in [0.717, 1.165) is 29.7 Å². The van der Waals surface area contributed by atoms with Gasteiger partial charge >= 0.3 is 0 Å². The second-order valence-electron chi connectivity index (χ2n) is 9.31. The maximum Gasteiger partial charge on any atom is 0.244 e. The molecule has 0 unspecified atom stereocenters. The molecule has 1 aliphatic carbocycles. The van der Waals surface area contributed by atoms with Crippen molar-refractivity contribution in [3.63, 3.8) is 0 Å². The molecular weight excluding hydrogens is 472 g/mol. The number of sulfonamides is 1. The number of nitrogens with zero attached hydrogens (tertiary/aromatic N) is 3. The predicted octanol–water partition coefficient (Wildman–Crippen LogP) is 4.64. The molecule has 2 aromatic heterocycles. The van der Waals surface area contributed by atoms with Crippen LogP contribution in [-0.4, -0.2) is 41.9 Å². The zero-order valence-corrected chi connectivity index (χ0v) is 21.1. The first-order valence-corrected chi connectivity index (χ1v) is 13.8. The Labute approximate surface area is 203 Å². The number of amides is 1. The number of aryl methyl sites for hydroxylation is 3. The largest absolute Gasteiger partial charge is 0.339 e. The topological polar surface area (TPSA) is 105 Å². The van der Waals surface area contributed by atoms with Crippen LogP contribution in [0.2, 0.25) is 0 Å². The molecule has 180 valence electrons. The van der Waals surface area contributed by atoms with Gasteiger partial charge in [0, 0.05) is 35.5 Å². The number of carbonyl (C=O) groups excluding carboxylic acids is 1. The predicted molar refractivity (Wildman–Crippen MR) is 130 cm³/mol. The Morgan fingerprint density at radius 2 is 1.74 bits per heavy atom. The SMILES string of the molecule is Cc1cc(C)cc(NC(=O)C2CCN(S(=O)(=O)c3cc(-c4noc(C5CC5)n4)sc3C)CC2)c1. The van der Waals surface area contributed by atoms with Crippen LogP contribution in [0.15, 0.2) is 33.7 Å². The molecule has 8 nitrogen and oxygen atoms in total. The number of nitrogens with one attached hydrogen (secondary N) is 1. The Kier molecular flexibility index (Phi) is 6.07. The molecule has 10 heteroatoms. The first kappa shape index (κ1) is 23.2. The third-order valence-corrected chi connectivity index (χ3v) is 9.59. The number of thiophene rings is 1. The first-order valence-electron chi connectivity index (χ1n) is 11.5. The lowest BCUT2D eigenvalue weighted by Crippen LogP contribution is -2.41. The van der Waals surface area contributed by atoms with Gasteiger partial charge in [0.2, 0.25) is 27.6 Å². The lowest BCUT2D eigenvalue weighted by atomic mass is 9.97. The van der Waals surface area contributed by atoms with Crippen molar-refractivity contribution < 1.29 is 17.7 Å². The summed E-state index contributed by atoms with van der Waals surface area (Å²) in [5.74, 6) is 1.15. The molecule has 1 aromatic carbocycles. The van der Waals surface area contributed by atoms with Crippen molar-refractivity contribution in [2.24, 2.45) is 5.92 Å². The molecule has 0 bridgehead atoms. The smallest absolute Gasteiger partial charge is 0.244 e. The highest BCUT2D eigenvalue weighted by Gasteiger charge is 2.35. The Bertz CT molecular complexity index is 1310. The van der Waals surface area contributed by atoms with Crippen LogP contribution in [0.4, 0.5) is 5.69 Å². The van der Waals surface area contributed by atoms with E-state index in [-0.39, 0.29) is 16.7 Å². The summed E-state index contributed by atoms with van der Waals surface area (Å²) in [7, 11) is -3.67. The van der Waals surface area contributed by atoms with Crippen molar-refractivity contribution >= 4 is 33.0 Å². The maximum atomic E-state index is 13.4. The van der Waals surface area contributed by atoms with Crippen LogP contribution in [0.5, 0.6) is 0 Å². The van der Waals surface area contributed by atoms with E-state index < -0.39 is 10.0 Å². The molecule has 0 radical (unpaired) electrons.